The van der Waals surface area contributed by atoms with E-state index in [0.717, 1.165) is 5.75 Å². The van der Waals surface area contributed by atoms with Crippen molar-refractivity contribution < 1.29 is 4.74 Å². The lowest BCUT2D eigenvalue weighted by molar-refractivity contribution is 0.151. The summed E-state index contributed by atoms with van der Waals surface area (Å²) in [5, 5.41) is 3.80. The molecule has 4 heteroatoms. The van der Waals surface area contributed by atoms with Gasteiger partial charge in [0.25, 0.3) is 0 Å². The zero-order valence-corrected chi connectivity index (χ0v) is 16.5. The second-order valence-corrected chi connectivity index (χ2v) is 7.88. The molecule has 2 aromatic rings. The summed E-state index contributed by atoms with van der Waals surface area (Å²) in [4.78, 5) is 5.03. The second-order valence-electron chi connectivity index (χ2n) is 7.88. The molecule has 2 aliphatic rings. The van der Waals surface area contributed by atoms with Crippen molar-refractivity contribution >= 4 is 5.69 Å². The molecule has 1 saturated heterocycles. The Kier molecular flexibility index (Phi) is 5.65. The zero-order chi connectivity index (χ0) is 18.6. The van der Waals surface area contributed by atoms with Gasteiger partial charge in [-0.05, 0) is 55.8 Å². The fraction of sp³-hybridized carbons (Fsp3) is 0.478. The highest BCUT2D eigenvalue weighted by Crippen LogP contribution is 2.43. The number of likely N-dealkylation sites (N-methyl/N-ethyl adjacent to an activating group) is 1. The average molecular weight is 366 g/mol. The summed E-state index contributed by atoms with van der Waals surface area (Å²) < 4.78 is 5.49. The SMILES string of the molecule is COc1ccc2c(c1)C(c1ccccc1)C(CCCN1CCN(C)CC1)N2. The molecule has 144 valence electrons. The Labute approximate surface area is 163 Å². The Morgan fingerprint density at radius 2 is 1.81 bits per heavy atom. The molecule has 2 heterocycles. The van der Waals surface area contributed by atoms with Crippen molar-refractivity contribution in [3.63, 3.8) is 0 Å². The predicted molar refractivity (Wildman–Crippen MR) is 112 cm³/mol. The number of ether oxygens (including phenoxy) is 1. The van der Waals surface area contributed by atoms with E-state index in [0.29, 0.717) is 12.0 Å². The van der Waals surface area contributed by atoms with Gasteiger partial charge in [-0.1, -0.05) is 30.3 Å². The highest BCUT2D eigenvalue weighted by molar-refractivity contribution is 5.64. The molecule has 0 saturated carbocycles. The van der Waals surface area contributed by atoms with Gasteiger partial charge in [0.2, 0.25) is 0 Å². The van der Waals surface area contributed by atoms with Crippen LogP contribution in [-0.4, -0.2) is 62.7 Å². The maximum absolute atomic E-state index is 5.49. The summed E-state index contributed by atoms with van der Waals surface area (Å²) in [5.41, 5.74) is 4.01. The minimum absolute atomic E-state index is 0.392. The molecule has 4 nitrogen and oxygen atoms in total. The quantitative estimate of drug-likeness (QED) is 0.846. The molecular formula is C23H31N3O. The Morgan fingerprint density at radius 3 is 2.56 bits per heavy atom. The highest BCUT2D eigenvalue weighted by Gasteiger charge is 2.33. The molecule has 0 bridgehead atoms. The molecule has 0 spiro atoms. The van der Waals surface area contributed by atoms with Crippen LogP contribution in [0.3, 0.4) is 0 Å². The normalized spacial score (nSPS) is 23.0. The lowest BCUT2D eigenvalue weighted by atomic mass is 9.86. The van der Waals surface area contributed by atoms with Crippen LogP contribution in [0.1, 0.15) is 29.9 Å². The fourth-order valence-corrected chi connectivity index (χ4v) is 4.47. The number of benzene rings is 2. The topological polar surface area (TPSA) is 27.7 Å². The van der Waals surface area contributed by atoms with Crippen LogP contribution in [0.2, 0.25) is 0 Å². The van der Waals surface area contributed by atoms with Crippen LogP contribution >= 0.6 is 0 Å². The number of hydrogen-bond donors (Lipinski definition) is 1. The number of piperazine rings is 1. The first kappa shape index (κ1) is 18.3. The third-order valence-corrected chi connectivity index (χ3v) is 6.08. The third-order valence-electron chi connectivity index (χ3n) is 6.08. The Morgan fingerprint density at radius 1 is 1.04 bits per heavy atom. The van der Waals surface area contributed by atoms with Gasteiger partial charge < -0.3 is 19.9 Å². The van der Waals surface area contributed by atoms with Crippen molar-refractivity contribution in [2.24, 2.45) is 0 Å². The van der Waals surface area contributed by atoms with Gasteiger partial charge >= 0.3 is 0 Å². The molecule has 2 unspecified atom stereocenters. The van der Waals surface area contributed by atoms with Gasteiger partial charge in [0.05, 0.1) is 7.11 Å². The van der Waals surface area contributed by atoms with Crippen molar-refractivity contribution in [1.29, 1.82) is 0 Å². The van der Waals surface area contributed by atoms with Crippen molar-refractivity contribution in [3.05, 3.63) is 59.7 Å². The average Bonchev–Trinajstić information content (AvgIpc) is 3.07. The smallest absolute Gasteiger partial charge is 0.119 e. The monoisotopic (exact) mass is 365 g/mol. The van der Waals surface area contributed by atoms with E-state index >= 15 is 0 Å². The molecule has 27 heavy (non-hydrogen) atoms. The lowest BCUT2D eigenvalue weighted by Gasteiger charge is -2.32. The van der Waals surface area contributed by atoms with E-state index in [1.165, 1.54) is 62.4 Å². The van der Waals surface area contributed by atoms with E-state index in [1.54, 1.807) is 7.11 Å². The molecule has 0 aromatic heterocycles. The van der Waals surface area contributed by atoms with Gasteiger partial charge in [-0.15, -0.1) is 0 Å². The van der Waals surface area contributed by atoms with Crippen molar-refractivity contribution in [2.45, 2.75) is 24.8 Å². The second kappa shape index (κ2) is 8.32. The van der Waals surface area contributed by atoms with E-state index in [2.05, 4.69) is 70.7 Å². The van der Waals surface area contributed by atoms with Crippen LogP contribution in [0.25, 0.3) is 0 Å². The number of hydrogen-bond acceptors (Lipinski definition) is 4. The van der Waals surface area contributed by atoms with E-state index in [1.807, 2.05) is 0 Å². The van der Waals surface area contributed by atoms with Crippen LogP contribution in [0.4, 0.5) is 5.69 Å². The first-order valence-electron chi connectivity index (χ1n) is 10.1. The molecule has 0 aliphatic carbocycles. The van der Waals surface area contributed by atoms with Gasteiger partial charge in [0, 0.05) is 43.8 Å². The largest absolute Gasteiger partial charge is 0.497 e. The lowest BCUT2D eigenvalue weighted by Crippen LogP contribution is -2.44. The summed E-state index contributed by atoms with van der Waals surface area (Å²) in [6, 6.07) is 17.8. The molecule has 2 aromatic carbocycles. The maximum atomic E-state index is 5.49. The van der Waals surface area contributed by atoms with Gasteiger partial charge in [0.1, 0.15) is 5.75 Å². The number of methoxy groups -OCH3 is 1. The van der Waals surface area contributed by atoms with Crippen LogP contribution in [-0.2, 0) is 0 Å². The minimum Gasteiger partial charge on any atom is -0.497 e. The molecule has 1 fully saturated rings. The molecule has 2 aliphatic heterocycles. The zero-order valence-electron chi connectivity index (χ0n) is 16.5. The molecule has 4 rings (SSSR count). The van der Waals surface area contributed by atoms with Crippen LogP contribution in [0.5, 0.6) is 5.75 Å². The number of fused-ring (bicyclic) bond motifs is 1. The summed E-state index contributed by atoms with van der Waals surface area (Å²) in [6.45, 7) is 5.99. The maximum Gasteiger partial charge on any atom is 0.119 e. The number of rotatable bonds is 6. The predicted octanol–water partition coefficient (Wildman–Crippen LogP) is 3.65. The van der Waals surface area contributed by atoms with Crippen molar-refractivity contribution in [2.75, 3.05) is 52.2 Å². The van der Waals surface area contributed by atoms with Gasteiger partial charge in [-0.25, -0.2) is 0 Å². The minimum atomic E-state index is 0.392. The first-order chi connectivity index (χ1) is 13.2. The van der Waals surface area contributed by atoms with E-state index < -0.39 is 0 Å². The molecule has 1 N–H and O–H groups in total. The first-order valence-corrected chi connectivity index (χ1v) is 10.1. The summed E-state index contributed by atoms with van der Waals surface area (Å²) in [7, 11) is 3.96. The van der Waals surface area contributed by atoms with E-state index in [-0.39, 0.29) is 0 Å². The van der Waals surface area contributed by atoms with Gasteiger partial charge in [0.15, 0.2) is 0 Å². The highest BCUT2D eigenvalue weighted by atomic mass is 16.5. The van der Waals surface area contributed by atoms with Crippen molar-refractivity contribution in [3.8, 4) is 5.75 Å². The Hall–Kier alpha value is -2.04. The fourth-order valence-electron chi connectivity index (χ4n) is 4.47. The van der Waals surface area contributed by atoms with Crippen LogP contribution < -0.4 is 10.1 Å². The molecule has 2 atom stereocenters. The van der Waals surface area contributed by atoms with Gasteiger partial charge in [-0.2, -0.15) is 0 Å². The number of anilines is 1. The summed E-state index contributed by atoms with van der Waals surface area (Å²) in [5.74, 6) is 1.33. The summed E-state index contributed by atoms with van der Waals surface area (Å²) in [6.07, 6.45) is 2.42. The van der Waals surface area contributed by atoms with E-state index in [9.17, 15) is 0 Å². The molecule has 0 amide bonds. The molecule has 0 radical (unpaired) electrons. The third kappa shape index (κ3) is 4.12. The number of nitrogens with one attached hydrogen (secondary N) is 1. The Bertz CT molecular complexity index is 741. The van der Waals surface area contributed by atoms with Crippen LogP contribution in [0, 0.1) is 0 Å². The van der Waals surface area contributed by atoms with Crippen molar-refractivity contribution in [1.82, 2.24) is 9.80 Å². The standard InChI is InChI=1S/C23H31N3O/c1-25-13-15-26(16-14-25)12-6-9-22-23(18-7-4-3-5-8-18)20-17-19(27-2)10-11-21(20)24-22/h3-5,7-8,10-11,17,22-24H,6,9,12-16H2,1-2H3. The van der Waals surface area contributed by atoms with Gasteiger partial charge in [-0.3, -0.25) is 0 Å². The molecular weight excluding hydrogens is 334 g/mol. The Balaban J connectivity index is 1.46. The van der Waals surface area contributed by atoms with Crippen LogP contribution in [0.15, 0.2) is 48.5 Å². The summed E-state index contributed by atoms with van der Waals surface area (Å²) >= 11 is 0. The van der Waals surface area contributed by atoms with E-state index in [4.69, 9.17) is 4.74 Å². The number of nitrogens with zero attached hydrogens (tertiary/aromatic N) is 2.